The summed E-state index contributed by atoms with van der Waals surface area (Å²) in [4.78, 5) is 8.89. The van der Waals surface area contributed by atoms with E-state index in [1.807, 2.05) is 77.5 Å². The molecule has 5 rings (SSSR count). The van der Waals surface area contributed by atoms with Crippen molar-refractivity contribution in [1.82, 2.24) is 34.5 Å². The van der Waals surface area contributed by atoms with Gasteiger partial charge in [0.1, 0.15) is 11.3 Å². The lowest BCUT2D eigenvalue weighted by atomic mass is 10.2. The molecule has 0 saturated heterocycles. The predicted octanol–water partition coefficient (Wildman–Crippen LogP) is 3.36. The van der Waals surface area contributed by atoms with Crippen LogP contribution in [0.3, 0.4) is 0 Å². The fourth-order valence-electron chi connectivity index (χ4n) is 2.82. The lowest BCUT2D eigenvalue weighted by Crippen LogP contribution is -1.95. The molecule has 0 saturated carbocycles. The Morgan fingerprint density at radius 1 is 0.929 bits per heavy atom. The van der Waals surface area contributed by atoms with Gasteiger partial charge in [0.15, 0.2) is 5.69 Å². The largest absolute Gasteiger partial charge is 0.332 e. The molecule has 0 unspecified atom stereocenters. The summed E-state index contributed by atoms with van der Waals surface area (Å²) >= 11 is 0. The first kappa shape index (κ1) is 16.1. The third kappa shape index (κ3) is 3.18. The molecule has 136 valence electrons. The summed E-state index contributed by atoms with van der Waals surface area (Å²) in [6, 6.07) is 15.9. The molecule has 5 aromatic rings. The summed E-state index contributed by atoms with van der Waals surface area (Å²) in [6.07, 6.45) is 9.60. The molecule has 0 spiro atoms. The van der Waals surface area contributed by atoms with E-state index in [0.717, 1.165) is 11.2 Å². The summed E-state index contributed by atoms with van der Waals surface area (Å²) < 4.78 is 8.96. The highest BCUT2D eigenvalue weighted by molar-refractivity contribution is 5.57. The lowest BCUT2D eigenvalue weighted by molar-refractivity contribution is 0.430. The van der Waals surface area contributed by atoms with Gasteiger partial charge in [0.25, 0.3) is 5.89 Å². The number of hydrogen-bond acceptors (Lipinski definition) is 6. The molecule has 8 nitrogen and oxygen atoms in total. The number of allylic oxidation sites excluding steroid dienone is 1. The van der Waals surface area contributed by atoms with Gasteiger partial charge in [-0.15, -0.1) is 5.10 Å². The van der Waals surface area contributed by atoms with Gasteiger partial charge in [-0.25, -0.2) is 9.67 Å². The van der Waals surface area contributed by atoms with Crippen LogP contribution in [0.1, 0.15) is 5.56 Å². The summed E-state index contributed by atoms with van der Waals surface area (Å²) in [5.41, 5.74) is 3.12. The zero-order valence-electron chi connectivity index (χ0n) is 14.8. The van der Waals surface area contributed by atoms with Crippen LogP contribution in [-0.2, 0) is 6.54 Å². The first-order valence-electron chi connectivity index (χ1n) is 8.75. The number of pyridine rings is 1. The van der Waals surface area contributed by atoms with Crippen LogP contribution in [0, 0.1) is 0 Å². The summed E-state index contributed by atoms with van der Waals surface area (Å²) in [7, 11) is 0. The summed E-state index contributed by atoms with van der Waals surface area (Å²) in [5, 5.41) is 12.2. The van der Waals surface area contributed by atoms with Crippen LogP contribution in [0.15, 0.2) is 77.7 Å². The minimum absolute atomic E-state index is 0.311. The van der Waals surface area contributed by atoms with E-state index in [4.69, 9.17) is 4.52 Å². The second-order valence-electron chi connectivity index (χ2n) is 6.15. The Morgan fingerprint density at radius 2 is 1.82 bits per heavy atom. The standard InChI is InChI=1S/C20H15N7O/c1-2-7-15(8-3-1)9-6-12-27-14-17(23-25-27)20-22-19(24-28-20)16-13-26-11-5-4-10-18(26)21-16/h1-11,13-14H,12H2. The van der Waals surface area contributed by atoms with E-state index in [0.29, 0.717) is 29.6 Å². The van der Waals surface area contributed by atoms with Crippen LogP contribution in [-0.4, -0.2) is 34.5 Å². The maximum atomic E-state index is 5.34. The van der Waals surface area contributed by atoms with Crippen molar-refractivity contribution >= 4 is 11.7 Å². The van der Waals surface area contributed by atoms with E-state index in [1.54, 1.807) is 10.9 Å². The molecule has 0 fully saturated rings. The molecule has 0 aliphatic rings. The number of benzene rings is 1. The summed E-state index contributed by atoms with van der Waals surface area (Å²) in [5.74, 6) is 0.725. The van der Waals surface area contributed by atoms with Crippen molar-refractivity contribution in [2.75, 3.05) is 0 Å². The van der Waals surface area contributed by atoms with Crippen LogP contribution in [0.2, 0.25) is 0 Å². The fraction of sp³-hybridized carbons (Fsp3) is 0.0500. The Hall–Kier alpha value is -4.07. The molecule has 0 N–H and O–H groups in total. The summed E-state index contributed by atoms with van der Waals surface area (Å²) in [6.45, 7) is 0.593. The van der Waals surface area contributed by atoms with Gasteiger partial charge in [0, 0.05) is 12.4 Å². The van der Waals surface area contributed by atoms with Crippen molar-refractivity contribution in [2.45, 2.75) is 6.54 Å². The van der Waals surface area contributed by atoms with Crippen molar-refractivity contribution < 1.29 is 4.52 Å². The van der Waals surface area contributed by atoms with E-state index in [2.05, 4.69) is 25.4 Å². The fourth-order valence-corrected chi connectivity index (χ4v) is 2.82. The zero-order valence-corrected chi connectivity index (χ0v) is 14.8. The second-order valence-corrected chi connectivity index (χ2v) is 6.15. The number of fused-ring (bicyclic) bond motifs is 1. The highest BCUT2D eigenvalue weighted by Gasteiger charge is 2.15. The number of rotatable bonds is 5. The SMILES string of the molecule is C(=Cc1ccccc1)Cn1cc(-c2nc(-c3cn4ccccc4n3)no2)nn1. The van der Waals surface area contributed by atoms with Gasteiger partial charge in [-0.3, -0.25) is 0 Å². The number of aromatic nitrogens is 7. The zero-order chi connectivity index (χ0) is 18.8. The number of imidazole rings is 1. The molecule has 0 atom stereocenters. The Morgan fingerprint density at radius 3 is 2.71 bits per heavy atom. The van der Waals surface area contributed by atoms with Crippen molar-refractivity contribution in [1.29, 1.82) is 0 Å². The molecule has 4 aromatic heterocycles. The lowest BCUT2D eigenvalue weighted by Gasteiger charge is -1.93. The Kier molecular flexibility index (Phi) is 3.98. The highest BCUT2D eigenvalue weighted by Crippen LogP contribution is 2.20. The van der Waals surface area contributed by atoms with Gasteiger partial charge in [-0.05, 0) is 17.7 Å². The topological polar surface area (TPSA) is 86.9 Å². The van der Waals surface area contributed by atoms with Crippen molar-refractivity contribution in [2.24, 2.45) is 0 Å². The Balaban J connectivity index is 1.33. The highest BCUT2D eigenvalue weighted by atomic mass is 16.5. The van der Waals surface area contributed by atoms with Gasteiger partial charge < -0.3 is 8.92 Å². The molecule has 28 heavy (non-hydrogen) atoms. The third-order valence-electron chi connectivity index (χ3n) is 4.18. The van der Waals surface area contributed by atoms with Crippen LogP contribution in [0.5, 0.6) is 0 Å². The third-order valence-corrected chi connectivity index (χ3v) is 4.18. The maximum Gasteiger partial charge on any atom is 0.280 e. The molecule has 0 bridgehead atoms. The van der Waals surface area contributed by atoms with Crippen molar-refractivity contribution in [3.63, 3.8) is 0 Å². The first-order chi connectivity index (χ1) is 13.8. The Bertz CT molecular complexity index is 1220. The van der Waals surface area contributed by atoms with E-state index in [1.165, 1.54) is 0 Å². The molecular formula is C20H15N7O. The van der Waals surface area contributed by atoms with Gasteiger partial charge in [-0.2, -0.15) is 4.98 Å². The Labute approximate surface area is 159 Å². The second kappa shape index (κ2) is 6.92. The minimum Gasteiger partial charge on any atom is -0.332 e. The van der Waals surface area contributed by atoms with E-state index < -0.39 is 0 Å². The molecule has 4 heterocycles. The average molecular weight is 369 g/mol. The molecular weight excluding hydrogens is 354 g/mol. The molecule has 0 aliphatic carbocycles. The monoisotopic (exact) mass is 369 g/mol. The smallest absolute Gasteiger partial charge is 0.280 e. The molecule has 8 heteroatoms. The van der Waals surface area contributed by atoms with Crippen LogP contribution >= 0.6 is 0 Å². The van der Waals surface area contributed by atoms with Crippen molar-refractivity contribution in [3.05, 3.63) is 78.8 Å². The molecule has 0 amide bonds. The number of nitrogens with zero attached hydrogens (tertiary/aromatic N) is 7. The quantitative estimate of drug-likeness (QED) is 0.472. The number of hydrogen-bond donors (Lipinski definition) is 0. The molecule has 1 aromatic carbocycles. The first-order valence-corrected chi connectivity index (χ1v) is 8.75. The van der Waals surface area contributed by atoms with Gasteiger partial charge in [-0.1, -0.05) is 58.9 Å². The maximum absolute atomic E-state index is 5.34. The normalized spacial score (nSPS) is 11.6. The van der Waals surface area contributed by atoms with E-state index in [9.17, 15) is 0 Å². The van der Waals surface area contributed by atoms with Crippen LogP contribution in [0.4, 0.5) is 0 Å². The molecule has 0 aliphatic heterocycles. The van der Waals surface area contributed by atoms with Crippen LogP contribution in [0.25, 0.3) is 34.8 Å². The predicted molar refractivity (Wildman–Crippen MR) is 103 cm³/mol. The van der Waals surface area contributed by atoms with Gasteiger partial charge in [0.2, 0.25) is 5.82 Å². The molecule has 0 radical (unpaired) electrons. The van der Waals surface area contributed by atoms with E-state index in [-0.39, 0.29) is 0 Å². The minimum atomic E-state index is 0.311. The average Bonchev–Trinajstić information content (AvgIpc) is 3.47. The van der Waals surface area contributed by atoms with Crippen LogP contribution < -0.4 is 0 Å². The van der Waals surface area contributed by atoms with Crippen molar-refractivity contribution in [3.8, 4) is 23.1 Å². The van der Waals surface area contributed by atoms with Gasteiger partial charge >= 0.3 is 0 Å². The van der Waals surface area contributed by atoms with Gasteiger partial charge in [0.05, 0.1) is 12.7 Å². The van der Waals surface area contributed by atoms with E-state index >= 15 is 0 Å².